The minimum atomic E-state index is -0.417. The van der Waals surface area contributed by atoms with E-state index in [1.807, 2.05) is 38.7 Å². The van der Waals surface area contributed by atoms with Crippen molar-refractivity contribution in [3.8, 4) is 0 Å². The van der Waals surface area contributed by atoms with E-state index in [4.69, 9.17) is 4.74 Å². The van der Waals surface area contributed by atoms with Crippen LogP contribution in [0.1, 0.15) is 47.0 Å². The zero-order chi connectivity index (χ0) is 15.9. The molecule has 1 saturated heterocycles. The number of carbonyl (C=O) groups excluding carboxylic acids is 1. The number of hydrogen-bond acceptors (Lipinski definition) is 2. The second-order valence-corrected chi connectivity index (χ2v) is 6.59. The van der Waals surface area contributed by atoms with E-state index in [1.165, 1.54) is 5.57 Å². The highest BCUT2D eigenvalue weighted by molar-refractivity contribution is 5.68. The fraction of sp³-hybridized carbons (Fsp3) is 0.611. The first-order chi connectivity index (χ1) is 9.85. The maximum atomic E-state index is 12.0. The van der Waals surface area contributed by atoms with Gasteiger partial charge in [0.15, 0.2) is 0 Å². The van der Waals surface area contributed by atoms with Gasteiger partial charge in [0.1, 0.15) is 5.60 Å². The molecule has 1 aliphatic heterocycles. The molecule has 0 atom stereocenters. The van der Waals surface area contributed by atoms with Crippen molar-refractivity contribution in [2.24, 2.45) is 5.92 Å². The molecule has 1 amide bonds. The van der Waals surface area contributed by atoms with E-state index >= 15 is 0 Å². The van der Waals surface area contributed by atoms with Crippen molar-refractivity contribution in [1.29, 1.82) is 0 Å². The predicted octanol–water partition coefficient (Wildman–Crippen LogP) is 4.71. The van der Waals surface area contributed by atoms with E-state index in [9.17, 15) is 4.79 Å². The van der Waals surface area contributed by atoms with Gasteiger partial charge in [0.05, 0.1) is 0 Å². The molecule has 0 aromatic carbocycles. The maximum absolute atomic E-state index is 12.0. The predicted molar refractivity (Wildman–Crippen MR) is 88.2 cm³/mol. The summed E-state index contributed by atoms with van der Waals surface area (Å²) in [4.78, 5) is 13.8. The molecule has 0 aromatic rings. The van der Waals surface area contributed by atoms with Gasteiger partial charge in [0, 0.05) is 13.1 Å². The van der Waals surface area contributed by atoms with Crippen molar-refractivity contribution in [1.82, 2.24) is 4.90 Å². The van der Waals surface area contributed by atoms with Crippen LogP contribution in [0.5, 0.6) is 0 Å². The standard InChI is InChI=1S/C18H29NO2/c1-6-8-15(9-7-2)14-16-10-12-19(13-11-16)17(20)21-18(3,4)5/h6-9,16H,1,10-14H2,2-5H3/b9-7-,15-8+. The minimum absolute atomic E-state index is 0.184. The molecule has 0 unspecified atom stereocenters. The van der Waals surface area contributed by atoms with Crippen LogP contribution in [0.3, 0.4) is 0 Å². The molecule has 0 bridgehead atoms. The molecule has 21 heavy (non-hydrogen) atoms. The minimum Gasteiger partial charge on any atom is -0.444 e. The van der Waals surface area contributed by atoms with Crippen LogP contribution in [0.25, 0.3) is 0 Å². The molecule has 3 heteroatoms. The average molecular weight is 291 g/mol. The molecule has 1 rings (SSSR count). The lowest BCUT2D eigenvalue weighted by molar-refractivity contribution is 0.0184. The Bertz CT molecular complexity index is 407. The SMILES string of the molecule is C=C/C=C(\C=C/C)CC1CCN(C(=O)OC(C)(C)C)CC1. The van der Waals surface area contributed by atoms with Gasteiger partial charge in [-0.15, -0.1) is 0 Å². The first kappa shape index (κ1) is 17.5. The van der Waals surface area contributed by atoms with Crippen LogP contribution in [0.15, 0.2) is 36.5 Å². The molecule has 0 saturated carbocycles. The second-order valence-electron chi connectivity index (χ2n) is 6.59. The van der Waals surface area contributed by atoms with Gasteiger partial charge in [-0.3, -0.25) is 0 Å². The fourth-order valence-corrected chi connectivity index (χ4v) is 2.54. The van der Waals surface area contributed by atoms with Crippen LogP contribution in [-0.2, 0) is 4.74 Å². The van der Waals surface area contributed by atoms with Gasteiger partial charge in [-0.1, -0.05) is 30.9 Å². The Hall–Kier alpha value is -1.51. The van der Waals surface area contributed by atoms with E-state index in [2.05, 4.69) is 24.8 Å². The molecule has 0 aromatic heterocycles. The zero-order valence-electron chi connectivity index (χ0n) is 13.9. The van der Waals surface area contributed by atoms with Crippen molar-refractivity contribution >= 4 is 6.09 Å². The van der Waals surface area contributed by atoms with Crippen LogP contribution in [0.2, 0.25) is 0 Å². The summed E-state index contributed by atoms with van der Waals surface area (Å²) >= 11 is 0. The van der Waals surface area contributed by atoms with Gasteiger partial charge in [0.2, 0.25) is 0 Å². The van der Waals surface area contributed by atoms with Gasteiger partial charge in [-0.05, 0) is 58.4 Å². The first-order valence-corrected chi connectivity index (χ1v) is 7.78. The summed E-state index contributed by atoms with van der Waals surface area (Å²) in [6, 6.07) is 0. The van der Waals surface area contributed by atoms with E-state index in [0.29, 0.717) is 5.92 Å². The van der Waals surface area contributed by atoms with Crippen LogP contribution in [0, 0.1) is 5.92 Å². The van der Waals surface area contributed by atoms with Crippen molar-refractivity contribution < 1.29 is 9.53 Å². The third-order valence-electron chi connectivity index (χ3n) is 3.50. The summed E-state index contributed by atoms with van der Waals surface area (Å²) in [5.41, 5.74) is 0.892. The molecular weight excluding hydrogens is 262 g/mol. The van der Waals surface area contributed by atoms with E-state index in [0.717, 1.165) is 32.4 Å². The highest BCUT2D eigenvalue weighted by atomic mass is 16.6. The summed E-state index contributed by atoms with van der Waals surface area (Å²) in [6.07, 6.45) is 11.0. The van der Waals surface area contributed by atoms with Crippen molar-refractivity contribution in [3.05, 3.63) is 36.5 Å². The number of allylic oxidation sites excluding steroid dienone is 5. The lowest BCUT2D eigenvalue weighted by Crippen LogP contribution is -2.41. The molecule has 0 radical (unpaired) electrons. The molecular formula is C18H29NO2. The largest absolute Gasteiger partial charge is 0.444 e. The molecule has 1 heterocycles. The number of carbonyl (C=O) groups is 1. The third kappa shape index (κ3) is 6.65. The molecule has 1 aliphatic rings. The fourth-order valence-electron chi connectivity index (χ4n) is 2.54. The average Bonchev–Trinajstić information content (AvgIpc) is 2.38. The smallest absolute Gasteiger partial charge is 0.410 e. The second kappa shape index (κ2) is 8.06. The monoisotopic (exact) mass is 291 g/mol. The number of likely N-dealkylation sites (tertiary alicyclic amines) is 1. The summed E-state index contributed by atoms with van der Waals surface area (Å²) in [5, 5.41) is 0. The summed E-state index contributed by atoms with van der Waals surface area (Å²) in [7, 11) is 0. The van der Waals surface area contributed by atoms with E-state index < -0.39 is 5.60 Å². The normalized spacial score (nSPS) is 18.1. The molecule has 0 aliphatic carbocycles. The first-order valence-electron chi connectivity index (χ1n) is 7.78. The lowest BCUT2D eigenvalue weighted by atomic mass is 9.90. The molecule has 0 N–H and O–H groups in total. The number of amides is 1. The third-order valence-corrected chi connectivity index (χ3v) is 3.50. The Balaban J connectivity index is 2.47. The topological polar surface area (TPSA) is 29.5 Å². The van der Waals surface area contributed by atoms with Crippen molar-refractivity contribution in [2.75, 3.05) is 13.1 Å². The van der Waals surface area contributed by atoms with Gasteiger partial charge in [-0.25, -0.2) is 4.79 Å². The summed E-state index contributed by atoms with van der Waals surface area (Å²) in [6.45, 7) is 13.1. The number of ether oxygens (including phenoxy) is 1. The Kier molecular flexibility index (Phi) is 6.73. The number of piperidine rings is 1. The Labute approximate surface area is 129 Å². The highest BCUT2D eigenvalue weighted by Gasteiger charge is 2.26. The number of nitrogens with zero attached hydrogens (tertiary/aromatic N) is 1. The van der Waals surface area contributed by atoms with Gasteiger partial charge in [0.25, 0.3) is 0 Å². The van der Waals surface area contributed by atoms with Gasteiger partial charge < -0.3 is 9.64 Å². The van der Waals surface area contributed by atoms with Crippen molar-refractivity contribution in [2.45, 2.75) is 52.6 Å². The summed E-state index contributed by atoms with van der Waals surface area (Å²) < 4.78 is 5.42. The Morgan fingerprint density at radius 1 is 1.33 bits per heavy atom. The van der Waals surface area contributed by atoms with Crippen molar-refractivity contribution in [3.63, 3.8) is 0 Å². The Morgan fingerprint density at radius 2 is 1.95 bits per heavy atom. The maximum Gasteiger partial charge on any atom is 0.410 e. The van der Waals surface area contributed by atoms with Crippen LogP contribution >= 0.6 is 0 Å². The molecule has 3 nitrogen and oxygen atoms in total. The number of rotatable bonds is 4. The van der Waals surface area contributed by atoms with E-state index in [-0.39, 0.29) is 6.09 Å². The Morgan fingerprint density at radius 3 is 2.43 bits per heavy atom. The quantitative estimate of drug-likeness (QED) is 0.702. The lowest BCUT2D eigenvalue weighted by Gasteiger charge is -2.33. The summed E-state index contributed by atoms with van der Waals surface area (Å²) in [5.74, 6) is 0.631. The van der Waals surface area contributed by atoms with Gasteiger partial charge in [-0.2, -0.15) is 0 Å². The van der Waals surface area contributed by atoms with Crippen LogP contribution < -0.4 is 0 Å². The van der Waals surface area contributed by atoms with E-state index in [1.54, 1.807) is 0 Å². The number of hydrogen-bond donors (Lipinski definition) is 0. The molecule has 118 valence electrons. The van der Waals surface area contributed by atoms with Crippen LogP contribution in [-0.4, -0.2) is 29.7 Å². The highest BCUT2D eigenvalue weighted by Crippen LogP contribution is 2.25. The van der Waals surface area contributed by atoms with Gasteiger partial charge >= 0.3 is 6.09 Å². The molecule has 1 fully saturated rings. The zero-order valence-corrected chi connectivity index (χ0v) is 13.9. The van der Waals surface area contributed by atoms with Crippen LogP contribution in [0.4, 0.5) is 4.79 Å². The molecule has 0 spiro atoms.